The highest BCUT2D eigenvalue weighted by molar-refractivity contribution is 6.30. The fourth-order valence-corrected chi connectivity index (χ4v) is 2.99. The zero-order valence-corrected chi connectivity index (χ0v) is 19.4. The zero-order valence-electron chi connectivity index (χ0n) is 18.6. The second-order valence-electron chi connectivity index (χ2n) is 7.19. The molecule has 1 aromatic carbocycles. The summed E-state index contributed by atoms with van der Waals surface area (Å²) in [5.41, 5.74) is -0.0184. The largest absolute Gasteiger partial charge is 0.469 e. The number of aromatic nitrogens is 1. The van der Waals surface area contributed by atoms with E-state index in [-0.39, 0.29) is 31.0 Å². The number of halogens is 3. The quantitative estimate of drug-likeness (QED) is 0.477. The summed E-state index contributed by atoms with van der Waals surface area (Å²) in [6, 6.07) is 5.47. The standard InChI is InChI=1S/C22H25ClF2N4O5/c1-29(21(31)27-11-14-5-3-7-17(24)20(14)25)16(6-4-8-19(30)33-2)13-34-22(32)28-18-10-9-15(23)12-26-18/h3,5,7,9-10,12,16H,4,6,8,11,13H2,1-2H3,(H,27,31)(H,26,28,32)/t16-/m0/s1. The van der Waals surface area contributed by atoms with Crippen LogP contribution >= 0.6 is 11.6 Å². The van der Waals surface area contributed by atoms with Crippen LogP contribution in [0.25, 0.3) is 0 Å². The predicted molar refractivity (Wildman–Crippen MR) is 120 cm³/mol. The van der Waals surface area contributed by atoms with E-state index in [2.05, 4.69) is 20.4 Å². The molecule has 3 amide bonds. The molecule has 1 heterocycles. The lowest BCUT2D eigenvalue weighted by atomic mass is 10.1. The first-order valence-electron chi connectivity index (χ1n) is 10.3. The summed E-state index contributed by atoms with van der Waals surface area (Å²) in [5.74, 6) is -2.26. The molecule has 0 aliphatic heterocycles. The molecule has 2 aromatic rings. The predicted octanol–water partition coefficient (Wildman–Crippen LogP) is 4.12. The van der Waals surface area contributed by atoms with Gasteiger partial charge in [0.05, 0.1) is 18.2 Å². The van der Waals surface area contributed by atoms with Crippen LogP contribution in [0.2, 0.25) is 5.02 Å². The Morgan fingerprint density at radius 1 is 1.21 bits per heavy atom. The number of hydrogen-bond acceptors (Lipinski definition) is 6. The third-order valence-corrected chi connectivity index (χ3v) is 5.06. The Balaban J connectivity index is 1.96. The van der Waals surface area contributed by atoms with Crippen molar-refractivity contribution in [3.63, 3.8) is 0 Å². The molecule has 0 saturated heterocycles. The summed E-state index contributed by atoms with van der Waals surface area (Å²) in [7, 11) is 2.73. The van der Waals surface area contributed by atoms with E-state index in [0.29, 0.717) is 17.9 Å². The Morgan fingerprint density at radius 2 is 1.97 bits per heavy atom. The SMILES string of the molecule is COC(=O)CCC[C@@H](COC(=O)Nc1ccc(Cl)cn1)N(C)C(=O)NCc1cccc(F)c1F. The van der Waals surface area contributed by atoms with Crippen molar-refractivity contribution in [3.05, 3.63) is 58.7 Å². The Morgan fingerprint density at radius 3 is 2.65 bits per heavy atom. The van der Waals surface area contributed by atoms with Crippen LogP contribution in [-0.2, 0) is 20.8 Å². The number of carbonyl (C=O) groups excluding carboxylic acids is 3. The van der Waals surface area contributed by atoms with E-state index in [0.717, 1.165) is 6.07 Å². The van der Waals surface area contributed by atoms with Gasteiger partial charge in [-0.05, 0) is 31.0 Å². The molecule has 0 aliphatic rings. The number of methoxy groups -OCH3 is 1. The Bertz CT molecular complexity index is 994. The van der Waals surface area contributed by atoms with Gasteiger partial charge in [0.15, 0.2) is 11.6 Å². The number of likely N-dealkylation sites (N-methyl/N-ethyl adjacent to an activating group) is 1. The fraction of sp³-hybridized carbons (Fsp3) is 0.364. The number of hydrogen-bond donors (Lipinski definition) is 2. The number of esters is 1. The summed E-state index contributed by atoms with van der Waals surface area (Å²) in [4.78, 5) is 41.3. The molecule has 9 nitrogen and oxygen atoms in total. The molecule has 184 valence electrons. The number of urea groups is 1. The molecule has 0 spiro atoms. The van der Waals surface area contributed by atoms with Gasteiger partial charge in [0.2, 0.25) is 0 Å². The van der Waals surface area contributed by atoms with E-state index in [1.807, 2.05) is 0 Å². The maximum Gasteiger partial charge on any atom is 0.412 e. The van der Waals surface area contributed by atoms with Crippen LogP contribution in [0.3, 0.4) is 0 Å². The first kappa shape index (κ1) is 26.8. The van der Waals surface area contributed by atoms with Crippen molar-refractivity contribution in [2.45, 2.75) is 31.8 Å². The van der Waals surface area contributed by atoms with Crippen molar-refractivity contribution in [1.82, 2.24) is 15.2 Å². The summed E-state index contributed by atoms with van der Waals surface area (Å²) in [5, 5.41) is 5.33. The molecule has 34 heavy (non-hydrogen) atoms. The first-order valence-corrected chi connectivity index (χ1v) is 10.6. The van der Waals surface area contributed by atoms with Crippen molar-refractivity contribution >= 4 is 35.5 Å². The molecule has 2 rings (SSSR count). The third kappa shape index (κ3) is 8.47. The Kier molecular flexibility index (Phi) is 10.5. The molecule has 0 unspecified atom stereocenters. The van der Waals surface area contributed by atoms with Crippen LogP contribution < -0.4 is 10.6 Å². The molecular formula is C22H25ClF2N4O5. The van der Waals surface area contributed by atoms with E-state index < -0.39 is 35.8 Å². The van der Waals surface area contributed by atoms with Crippen molar-refractivity contribution in [2.24, 2.45) is 0 Å². The normalized spacial score (nSPS) is 11.3. The number of carbonyl (C=O) groups is 3. The van der Waals surface area contributed by atoms with Gasteiger partial charge >= 0.3 is 18.1 Å². The average molecular weight is 499 g/mol. The van der Waals surface area contributed by atoms with Crippen LogP contribution in [0.4, 0.5) is 24.2 Å². The molecule has 0 radical (unpaired) electrons. The molecule has 0 aliphatic carbocycles. The van der Waals surface area contributed by atoms with Gasteiger partial charge in [-0.1, -0.05) is 23.7 Å². The van der Waals surface area contributed by atoms with Crippen LogP contribution in [-0.4, -0.2) is 54.8 Å². The Hall–Kier alpha value is -3.47. The molecule has 0 fully saturated rings. The highest BCUT2D eigenvalue weighted by Crippen LogP contribution is 2.14. The maximum absolute atomic E-state index is 13.8. The Labute approximate surface area is 200 Å². The van der Waals surface area contributed by atoms with Gasteiger partial charge in [-0.2, -0.15) is 0 Å². The molecule has 12 heteroatoms. The minimum Gasteiger partial charge on any atom is -0.469 e. The summed E-state index contributed by atoms with van der Waals surface area (Å²) < 4.78 is 37.0. The van der Waals surface area contributed by atoms with Crippen LogP contribution in [0.15, 0.2) is 36.5 Å². The highest BCUT2D eigenvalue weighted by Gasteiger charge is 2.22. The van der Waals surface area contributed by atoms with E-state index >= 15 is 0 Å². The minimum absolute atomic E-state index is 0.0184. The average Bonchev–Trinajstić information content (AvgIpc) is 2.82. The monoisotopic (exact) mass is 498 g/mol. The number of amides is 3. The third-order valence-electron chi connectivity index (χ3n) is 4.84. The summed E-state index contributed by atoms with van der Waals surface area (Å²) in [6.07, 6.45) is 1.32. The van der Waals surface area contributed by atoms with Crippen molar-refractivity contribution < 1.29 is 32.6 Å². The smallest absolute Gasteiger partial charge is 0.412 e. The molecule has 2 N–H and O–H groups in total. The van der Waals surface area contributed by atoms with E-state index in [1.54, 1.807) is 6.07 Å². The number of ether oxygens (including phenoxy) is 2. The first-order chi connectivity index (χ1) is 16.2. The van der Waals surface area contributed by atoms with Crippen molar-refractivity contribution in [2.75, 3.05) is 26.1 Å². The van der Waals surface area contributed by atoms with Gasteiger partial charge in [0.1, 0.15) is 12.4 Å². The zero-order chi connectivity index (χ0) is 25.1. The lowest BCUT2D eigenvalue weighted by Crippen LogP contribution is -2.46. The number of pyridine rings is 1. The molecule has 1 aromatic heterocycles. The fourth-order valence-electron chi connectivity index (χ4n) is 2.88. The van der Waals surface area contributed by atoms with Crippen molar-refractivity contribution in [3.8, 4) is 0 Å². The number of nitrogens with zero attached hydrogens (tertiary/aromatic N) is 2. The number of rotatable bonds is 10. The molecule has 1 atom stereocenters. The second-order valence-corrected chi connectivity index (χ2v) is 7.63. The van der Waals surface area contributed by atoms with Gasteiger partial charge < -0.3 is 19.7 Å². The minimum atomic E-state index is -1.05. The van der Waals surface area contributed by atoms with E-state index in [4.69, 9.17) is 16.3 Å². The maximum atomic E-state index is 13.8. The van der Waals surface area contributed by atoms with Crippen LogP contribution in [0.1, 0.15) is 24.8 Å². The van der Waals surface area contributed by atoms with Gasteiger partial charge in [-0.15, -0.1) is 0 Å². The lowest BCUT2D eigenvalue weighted by Gasteiger charge is -2.28. The van der Waals surface area contributed by atoms with E-state index in [1.165, 1.54) is 43.5 Å². The van der Waals surface area contributed by atoms with Gasteiger partial charge in [0.25, 0.3) is 0 Å². The van der Waals surface area contributed by atoms with Gasteiger partial charge in [-0.25, -0.2) is 23.4 Å². The summed E-state index contributed by atoms with van der Waals surface area (Å²) in [6.45, 7) is -0.440. The summed E-state index contributed by atoms with van der Waals surface area (Å²) >= 11 is 5.76. The van der Waals surface area contributed by atoms with Crippen LogP contribution in [0.5, 0.6) is 0 Å². The molecule has 0 bridgehead atoms. The topological polar surface area (TPSA) is 110 Å². The number of nitrogens with one attached hydrogen (secondary N) is 2. The number of benzene rings is 1. The van der Waals surface area contributed by atoms with Gasteiger partial charge in [-0.3, -0.25) is 10.1 Å². The van der Waals surface area contributed by atoms with Crippen molar-refractivity contribution in [1.29, 1.82) is 0 Å². The molecule has 0 saturated carbocycles. The van der Waals surface area contributed by atoms with Crippen LogP contribution in [0, 0.1) is 11.6 Å². The highest BCUT2D eigenvalue weighted by atomic mass is 35.5. The molecular weight excluding hydrogens is 474 g/mol. The van der Waals surface area contributed by atoms with Gasteiger partial charge in [0, 0.05) is 31.8 Å². The lowest BCUT2D eigenvalue weighted by molar-refractivity contribution is -0.140. The second kappa shape index (κ2) is 13.3. The van der Waals surface area contributed by atoms with E-state index in [9.17, 15) is 23.2 Å². The number of anilines is 1.